The van der Waals surface area contributed by atoms with Crippen LogP contribution < -0.4 is 0 Å². The standard InChI is InChI=1S/C10H12O3S2/c1-7(2)15(12,13)9-5-3-8(4-6-9)10(11)14/h3-7H,1-2H3,(H,11,14). The van der Waals surface area contributed by atoms with Crippen molar-refractivity contribution in [1.82, 2.24) is 0 Å². The molecule has 0 spiro atoms. The summed E-state index contributed by atoms with van der Waals surface area (Å²) in [6.45, 7) is 3.24. The number of sulfone groups is 1. The maximum atomic E-state index is 11.7. The van der Waals surface area contributed by atoms with E-state index in [0.717, 1.165) is 0 Å². The minimum atomic E-state index is -3.26. The van der Waals surface area contributed by atoms with Gasteiger partial charge in [0.05, 0.1) is 10.1 Å². The predicted octanol–water partition coefficient (Wildman–Crippen LogP) is 1.94. The van der Waals surface area contributed by atoms with Gasteiger partial charge in [0.2, 0.25) is 5.12 Å². The summed E-state index contributed by atoms with van der Waals surface area (Å²) >= 11 is 3.65. The third-order valence-electron chi connectivity index (χ3n) is 2.05. The number of rotatable bonds is 3. The van der Waals surface area contributed by atoms with E-state index >= 15 is 0 Å². The Morgan fingerprint density at radius 3 is 2.00 bits per heavy atom. The van der Waals surface area contributed by atoms with Crippen LogP contribution in [0.3, 0.4) is 0 Å². The van der Waals surface area contributed by atoms with Gasteiger partial charge in [-0.05, 0) is 38.1 Å². The van der Waals surface area contributed by atoms with Crippen LogP contribution >= 0.6 is 12.6 Å². The molecule has 0 unspecified atom stereocenters. The number of carbonyl (C=O) groups excluding carboxylic acids is 1. The molecule has 0 amide bonds. The molecule has 0 aliphatic heterocycles. The largest absolute Gasteiger partial charge is 0.282 e. The Morgan fingerprint density at radius 2 is 1.67 bits per heavy atom. The molecule has 0 aliphatic rings. The SMILES string of the molecule is CC(C)S(=O)(=O)c1ccc(C(=O)S)cc1. The van der Waals surface area contributed by atoms with Crippen molar-refractivity contribution in [1.29, 1.82) is 0 Å². The van der Waals surface area contributed by atoms with Crippen molar-refractivity contribution in [2.45, 2.75) is 24.0 Å². The Balaban J connectivity index is 3.15. The summed E-state index contributed by atoms with van der Waals surface area (Å²) in [5.41, 5.74) is 0.390. The van der Waals surface area contributed by atoms with Crippen molar-refractivity contribution >= 4 is 27.6 Å². The minimum absolute atomic E-state index is 0.232. The number of carbonyl (C=O) groups is 1. The predicted molar refractivity (Wildman–Crippen MR) is 62.1 cm³/mol. The van der Waals surface area contributed by atoms with Gasteiger partial charge in [-0.1, -0.05) is 0 Å². The number of thiol groups is 1. The van der Waals surface area contributed by atoms with Crippen LogP contribution in [0.5, 0.6) is 0 Å². The molecule has 1 rings (SSSR count). The summed E-state index contributed by atoms with van der Waals surface area (Å²) in [6.07, 6.45) is 0. The second-order valence-electron chi connectivity index (χ2n) is 3.42. The molecule has 0 aliphatic carbocycles. The summed E-state index contributed by atoms with van der Waals surface area (Å²) in [4.78, 5) is 11.1. The van der Waals surface area contributed by atoms with E-state index in [1.165, 1.54) is 24.3 Å². The molecule has 0 bridgehead atoms. The van der Waals surface area contributed by atoms with Crippen molar-refractivity contribution in [2.75, 3.05) is 0 Å². The van der Waals surface area contributed by atoms with Gasteiger partial charge in [0.1, 0.15) is 0 Å². The first kappa shape index (κ1) is 12.3. The molecule has 1 aromatic carbocycles. The average Bonchev–Trinajstić information content (AvgIpc) is 2.17. The van der Waals surface area contributed by atoms with E-state index in [4.69, 9.17) is 0 Å². The van der Waals surface area contributed by atoms with Crippen molar-refractivity contribution in [3.63, 3.8) is 0 Å². The van der Waals surface area contributed by atoms with Crippen LogP contribution in [0.4, 0.5) is 0 Å². The van der Waals surface area contributed by atoms with Gasteiger partial charge < -0.3 is 0 Å². The fourth-order valence-electron chi connectivity index (χ4n) is 1.06. The number of hydrogen-bond acceptors (Lipinski definition) is 3. The fraction of sp³-hybridized carbons (Fsp3) is 0.300. The summed E-state index contributed by atoms with van der Waals surface area (Å²) in [5, 5.41) is -0.835. The van der Waals surface area contributed by atoms with Crippen LogP contribution in [0.1, 0.15) is 24.2 Å². The van der Waals surface area contributed by atoms with Crippen molar-refractivity contribution < 1.29 is 13.2 Å². The average molecular weight is 244 g/mol. The quantitative estimate of drug-likeness (QED) is 0.827. The Hall–Kier alpha value is -0.810. The third kappa shape index (κ3) is 2.60. The first-order valence-corrected chi connectivity index (χ1v) is 6.42. The highest BCUT2D eigenvalue weighted by Crippen LogP contribution is 2.16. The maximum Gasteiger partial charge on any atom is 0.216 e. The summed E-state index contributed by atoms with van der Waals surface area (Å²) in [6, 6.07) is 5.78. The second-order valence-corrected chi connectivity index (χ2v) is 6.33. The van der Waals surface area contributed by atoms with Crippen LogP contribution in [0.15, 0.2) is 29.2 Å². The molecule has 0 saturated heterocycles. The molecular formula is C10H12O3S2. The number of hydrogen-bond donors (Lipinski definition) is 1. The lowest BCUT2D eigenvalue weighted by molar-refractivity contribution is 0.109. The highest BCUT2D eigenvalue weighted by molar-refractivity contribution is 7.97. The van der Waals surface area contributed by atoms with E-state index in [2.05, 4.69) is 12.6 Å². The lowest BCUT2D eigenvalue weighted by atomic mass is 10.2. The Morgan fingerprint density at radius 1 is 1.20 bits per heavy atom. The lowest BCUT2D eigenvalue weighted by Gasteiger charge is -2.07. The van der Waals surface area contributed by atoms with E-state index in [1.54, 1.807) is 13.8 Å². The summed E-state index contributed by atoms with van der Waals surface area (Å²) < 4.78 is 23.4. The molecule has 0 radical (unpaired) electrons. The van der Waals surface area contributed by atoms with E-state index in [-0.39, 0.29) is 10.0 Å². The molecular weight excluding hydrogens is 232 g/mol. The number of benzene rings is 1. The second kappa shape index (κ2) is 4.37. The Labute approximate surface area is 94.8 Å². The zero-order valence-electron chi connectivity index (χ0n) is 8.47. The molecule has 0 fully saturated rings. The van der Waals surface area contributed by atoms with Crippen LogP contribution in [0, 0.1) is 0 Å². The molecule has 0 heterocycles. The van der Waals surface area contributed by atoms with E-state index in [9.17, 15) is 13.2 Å². The molecule has 3 nitrogen and oxygen atoms in total. The van der Waals surface area contributed by atoms with Gasteiger partial charge >= 0.3 is 0 Å². The zero-order chi connectivity index (χ0) is 11.6. The Kier molecular flexibility index (Phi) is 3.57. The van der Waals surface area contributed by atoms with Gasteiger partial charge in [0.25, 0.3) is 0 Å². The highest BCUT2D eigenvalue weighted by atomic mass is 32.2. The van der Waals surface area contributed by atoms with Crippen LogP contribution in [-0.4, -0.2) is 18.8 Å². The van der Waals surface area contributed by atoms with E-state index in [1.807, 2.05) is 0 Å². The molecule has 1 aromatic rings. The fourth-order valence-corrected chi connectivity index (χ4v) is 2.27. The van der Waals surface area contributed by atoms with E-state index in [0.29, 0.717) is 5.56 Å². The lowest BCUT2D eigenvalue weighted by Crippen LogP contribution is -2.13. The van der Waals surface area contributed by atoms with Crippen LogP contribution in [0.25, 0.3) is 0 Å². The van der Waals surface area contributed by atoms with Gasteiger partial charge in [0.15, 0.2) is 9.84 Å². The van der Waals surface area contributed by atoms with Gasteiger partial charge in [-0.25, -0.2) is 8.42 Å². The molecule has 82 valence electrons. The van der Waals surface area contributed by atoms with Crippen molar-refractivity contribution in [3.8, 4) is 0 Å². The highest BCUT2D eigenvalue weighted by Gasteiger charge is 2.18. The van der Waals surface area contributed by atoms with Crippen LogP contribution in [-0.2, 0) is 9.84 Å². The summed E-state index contributed by atoms with van der Waals surface area (Å²) in [7, 11) is -3.26. The first-order chi connectivity index (χ1) is 6.85. The maximum absolute atomic E-state index is 11.7. The molecule has 0 atom stereocenters. The molecule has 0 saturated carbocycles. The van der Waals surface area contributed by atoms with Crippen LogP contribution in [0.2, 0.25) is 0 Å². The normalized spacial score (nSPS) is 11.7. The van der Waals surface area contributed by atoms with Gasteiger partial charge in [-0.3, -0.25) is 4.79 Å². The smallest absolute Gasteiger partial charge is 0.216 e. The topological polar surface area (TPSA) is 51.2 Å². The van der Waals surface area contributed by atoms with E-state index < -0.39 is 15.1 Å². The van der Waals surface area contributed by atoms with Crippen molar-refractivity contribution in [2.24, 2.45) is 0 Å². The van der Waals surface area contributed by atoms with Gasteiger partial charge in [-0.15, -0.1) is 12.6 Å². The van der Waals surface area contributed by atoms with Crippen molar-refractivity contribution in [3.05, 3.63) is 29.8 Å². The summed E-state index contributed by atoms with van der Waals surface area (Å²) in [5.74, 6) is 0. The molecule has 15 heavy (non-hydrogen) atoms. The zero-order valence-corrected chi connectivity index (χ0v) is 10.2. The monoisotopic (exact) mass is 244 g/mol. The van der Waals surface area contributed by atoms with Gasteiger partial charge in [0, 0.05) is 5.56 Å². The minimum Gasteiger partial charge on any atom is -0.282 e. The molecule has 5 heteroatoms. The van der Waals surface area contributed by atoms with Gasteiger partial charge in [-0.2, -0.15) is 0 Å². The molecule has 0 N–H and O–H groups in total. The molecule has 0 aromatic heterocycles. The third-order valence-corrected chi connectivity index (χ3v) is 4.48. The first-order valence-electron chi connectivity index (χ1n) is 4.43. The Bertz CT molecular complexity index is 458.